The third-order valence-electron chi connectivity index (χ3n) is 6.74. The van der Waals surface area contributed by atoms with Crippen LogP contribution in [0.2, 0.25) is 0 Å². The first-order valence-electron chi connectivity index (χ1n) is 10.5. The fourth-order valence-electron chi connectivity index (χ4n) is 4.88. The third-order valence-corrected chi connectivity index (χ3v) is 6.74. The number of carbonyl (C=O) groups excluding carboxylic acids is 3. The van der Waals surface area contributed by atoms with E-state index in [0.29, 0.717) is 25.3 Å². The Morgan fingerprint density at radius 2 is 1.86 bits per heavy atom. The summed E-state index contributed by atoms with van der Waals surface area (Å²) in [4.78, 5) is 41.5. The molecule has 2 heterocycles. The van der Waals surface area contributed by atoms with Crippen molar-refractivity contribution in [1.29, 1.82) is 0 Å². The van der Waals surface area contributed by atoms with Crippen molar-refractivity contribution in [2.45, 2.75) is 57.0 Å². The van der Waals surface area contributed by atoms with Gasteiger partial charge in [-0.3, -0.25) is 14.5 Å². The van der Waals surface area contributed by atoms with E-state index in [1.807, 2.05) is 24.3 Å². The highest BCUT2D eigenvalue weighted by atomic mass is 16.5. The van der Waals surface area contributed by atoms with Gasteiger partial charge in [0, 0.05) is 6.54 Å². The minimum Gasteiger partial charge on any atom is -0.497 e. The molecule has 1 aromatic rings. The smallest absolute Gasteiger partial charge is 0.325 e. The number of rotatable bonds is 4. The Morgan fingerprint density at radius 1 is 1.17 bits per heavy atom. The van der Waals surface area contributed by atoms with Crippen LogP contribution < -0.4 is 10.1 Å². The van der Waals surface area contributed by atoms with Crippen molar-refractivity contribution in [1.82, 2.24) is 15.1 Å². The van der Waals surface area contributed by atoms with Crippen molar-refractivity contribution in [2.75, 3.05) is 20.2 Å². The van der Waals surface area contributed by atoms with Crippen molar-refractivity contribution in [3.63, 3.8) is 0 Å². The van der Waals surface area contributed by atoms with Crippen LogP contribution in [0.15, 0.2) is 24.3 Å². The molecule has 1 spiro atoms. The predicted molar refractivity (Wildman–Crippen MR) is 107 cm³/mol. The van der Waals surface area contributed by atoms with E-state index in [0.717, 1.165) is 41.9 Å². The van der Waals surface area contributed by atoms with E-state index >= 15 is 0 Å². The van der Waals surface area contributed by atoms with Crippen molar-refractivity contribution >= 4 is 17.8 Å². The number of ether oxygens (including phenoxy) is 1. The minimum atomic E-state index is -0.801. The highest BCUT2D eigenvalue weighted by Crippen LogP contribution is 2.37. The monoisotopic (exact) mass is 399 g/mol. The van der Waals surface area contributed by atoms with Crippen molar-refractivity contribution < 1.29 is 19.1 Å². The number of benzene rings is 1. The van der Waals surface area contributed by atoms with Crippen molar-refractivity contribution in [3.8, 4) is 5.75 Å². The standard InChI is InChI=1S/C22H29N3O4/c1-15-9-11-22(12-10-15)20(27)25(21(28)23-22)14-19(26)24-13-3-4-18(24)16-5-7-17(29-2)8-6-16/h5-8,15,18H,3-4,9-14H2,1-2H3,(H,23,28)/t15?,18-,22?/m0/s1. The summed E-state index contributed by atoms with van der Waals surface area (Å²) in [6.45, 7) is 2.62. The van der Waals surface area contributed by atoms with Crippen LogP contribution in [0.3, 0.4) is 0 Å². The van der Waals surface area contributed by atoms with Crippen LogP contribution >= 0.6 is 0 Å². The lowest BCUT2D eigenvalue weighted by Gasteiger charge is -2.33. The van der Waals surface area contributed by atoms with Crippen LogP contribution in [-0.2, 0) is 9.59 Å². The number of nitrogens with one attached hydrogen (secondary N) is 1. The molecule has 0 radical (unpaired) electrons. The van der Waals surface area contributed by atoms with Gasteiger partial charge in [-0.25, -0.2) is 4.79 Å². The summed E-state index contributed by atoms with van der Waals surface area (Å²) < 4.78 is 5.21. The number of nitrogens with zero attached hydrogens (tertiary/aromatic N) is 2. The van der Waals surface area contributed by atoms with Crippen LogP contribution in [0.25, 0.3) is 0 Å². The molecule has 1 aliphatic carbocycles. The van der Waals surface area contributed by atoms with Gasteiger partial charge in [0.1, 0.15) is 17.8 Å². The molecule has 0 bridgehead atoms. The number of likely N-dealkylation sites (tertiary alicyclic amines) is 1. The Kier molecular flexibility index (Phi) is 5.23. The highest BCUT2D eigenvalue weighted by Gasteiger charge is 2.52. The van der Waals surface area contributed by atoms with E-state index in [4.69, 9.17) is 4.74 Å². The van der Waals surface area contributed by atoms with Crippen LogP contribution in [0.4, 0.5) is 4.79 Å². The number of carbonyl (C=O) groups is 3. The molecule has 1 atom stereocenters. The maximum atomic E-state index is 13.0. The first kappa shape index (κ1) is 19.7. The minimum absolute atomic E-state index is 0.0290. The Balaban J connectivity index is 1.45. The normalized spacial score (nSPS) is 29.4. The molecule has 7 heteroatoms. The molecule has 0 unspecified atom stereocenters. The second-order valence-corrected chi connectivity index (χ2v) is 8.60. The summed E-state index contributed by atoms with van der Waals surface area (Å²) in [6, 6.07) is 7.27. The first-order chi connectivity index (χ1) is 13.9. The Bertz CT molecular complexity index is 799. The molecular weight excluding hydrogens is 370 g/mol. The third kappa shape index (κ3) is 3.58. The van der Waals surface area contributed by atoms with Gasteiger partial charge < -0.3 is 15.0 Å². The Labute approximate surface area is 171 Å². The number of imide groups is 1. The van der Waals surface area contributed by atoms with Gasteiger partial charge in [-0.2, -0.15) is 0 Å². The van der Waals surface area contributed by atoms with E-state index in [2.05, 4.69) is 12.2 Å². The summed E-state index contributed by atoms with van der Waals surface area (Å²) in [5, 5.41) is 2.89. The van der Waals surface area contributed by atoms with E-state index < -0.39 is 11.6 Å². The van der Waals surface area contributed by atoms with Crippen LogP contribution in [0.5, 0.6) is 5.75 Å². The zero-order valence-electron chi connectivity index (χ0n) is 17.1. The molecule has 1 aromatic carbocycles. The summed E-state index contributed by atoms with van der Waals surface area (Å²) in [5.74, 6) is 0.933. The van der Waals surface area contributed by atoms with E-state index in [1.165, 1.54) is 0 Å². The fourth-order valence-corrected chi connectivity index (χ4v) is 4.88. The topological polar surface area (TPSA) is 79.0 Å². The predicted octanol–water partition coefficient (Wildman–Crippen LogP) is 2.86. The van der Waals surface area contributed by atoms with E-state index in [1.54, 1.807) is 12.0 Å². The maximum absolute atomic E-state index is 13.0. The molecule has 0 aromatic heterocycles. The van der Waals surface area contributed by atoms with E-state index in [-0.39, 0.29) is 24.4 Å². The summed E-state index contributed by atoms with van der Waals surface area (Å²) in [5.41, 5.74) is 0.246. The lowest BCUT2D eigenvalue weighted by molar-refractivity contribution is -0.140. The summed E-state index contributed by atoms with van der Waals surface area (Å²) >= 11 is 0. The summed E-state index contributed by atoms with van der Waals surface area (Å²) in [6.07, 6.45) is 4.92. The molecule has 29 heavy (non-hydrogen) atoms. The molecule has 2 saturated heterocycles. The zero-order valence-corrected chi connectivity index (χ0v) is 17.1. The Hall–Kier alpha value is -2.57. The van der Waals surface area contributed by atoms with Crippen LogP contribution in [0.1, 0.15) is 57.1 Å². The molecule has 156 valence electrons. The second kappa shape index (κ2) is 7.69. The molecule has 4 rings (SSSR count). The average molecular weight is 399 g/mol. The number of methoxy groups -OCH3 is 1. The molecule has 2 aliphatic heterocycles. The molecule has 3 fully saturated rings. The Morgan fingerprint density at radius 3 is 2.52 bits per heavy atom. The largest absolute Gasteiger partial charge is 0.497 e. The van der Waals surface area contributed by atoms with Gasteiger partial charge in [0.05, 0.1) is 13.2 Å². The van der Waals surface area contributed by atoms with Gasteiger partial charge in [-0.1, -0.05) is 19.1 Å². The summed E-state index contributed by atoms with van der Waals surface area (Å²) in [7, 11) is 1.62. The molecule has 7 nitrogen and oxygen atoms in total. The van der Waals surface area contributed by atoms with Crippen molar-refractivity contribution in [3.05, 3.63) is 29.8 Å². The molecule has 3 aliphatic rings. The van der Waals surface area contributed by atoms with Gasteiger partial charge in [0.2, 0.25) is 5.91 Å². The average Bonchev–Trinajstić information content (AvgIpc) is 3.30. The van der Waals surface area contributed by atoms with Crippen LogP contribution in [-0.4, -0.2) is 53.4 Å². The number of urea groups is 1. The fraction of sp³-hybridized carbons (Fsp3) is 0.591. The van der Waals surface area contributed by atoms with Gasteiger partial charge in [-0.05, 0) is 62.1 Å². The van der Waals surface area contributed by atoms with Gasteiger partial charge >= 0.3 is 6.03 Å². The number of hydrogen-bond donors (Lipinski definition) is 1. The SMILES string of the molecule is COc1ccc([C@@H]2CCCN2C(=O)CN2C(=O)NC3(CCC(C)CC3)C2=O)cc1. The van der Waals surface area contributed by atoms with Gasteiger partial charge in [0.15, 0.2) is 0 Å². The van der Waals surface area contributed by atoms with E-state index in [9.17, 15) is 14.4 Å². The maximum Gasteiger partial charge on any atom is 0.325 e. The lowest BCUT2D eigenvalue weighted by atomic mass is 9.77. The molecule has 4 amide bonds. The highest BCUT2D eigenvalue weighted by molar-refractivity contribution is 6.09. The molecule has 1 saturated carbocycles. The number of hydrogen-bond acceptors (Lipinski definition) is 4. The number of amides is 4. The molecule has 1 N–H and O–H groups in total. The van der Waals surface area contributed by atoms with Crippen LogP contribution in [0, 0.1) is 5.92 Å². The van der Waals surface area contributed by atoms with Gasteiger partial charge in [0.25, 0.3) is 5.91 Å². The lowest BCUT2D eigenvalue weighted by Crippen LogP contribution is -2.50. The second-order valence-electron chi connectivity index (χ2n) is 8.60. The first-order valence-corrected chi connectivity index (χ1v) is 10.5. The van der Waals surface area contributed by atoms with Gasteiger partial charge in [-0.15, -0.1) is 0 Å². The zero-order chi connectivity index (χ0) is 20.6. The quantitative estimate of drug-likeness (QED) is 0.790. The molecular formula is C22H29N3O4. The van der Waals surface area contributed by atoms with Crippen molar-refractivity contribution in [2.24, 2.45) is 5.92 Å².